The lowest BCUT2D eigenvalue weighted by Crippen LogP contribution is -2.43. The Bertz CT molecular complexity index is 636. The van der Waals surface area contributed by atoms with Crippen LogP contribution in [0.1, 0.15) is 106 Å². The summed E-state index contributed by atoms with van der Waals surface area (Å²) in [6.45, 7) is 15.0. The molecule has 4 aliphatic carbocycles. The van der Waals surface area contributed by atoms with Gasteiger partial charge >= 0.3 is 0 Å². The average Bonchev–Trinajstić information content (AvgIpc) is 3.02. The number of fused-ring (bicyclic) bond motifs is 4. The Kier molecular flexibility index (Phi) is 5.65. The van der Waals surface area contributed by atoms with E-state index in [1.165, 1.54) is 64.2 Å². The van der Waals surface area contributed by atoms with E-state index in [1.807, 2.05) is 11.1 Å². The van der Waals surface area contributed by atoms with E-state index < -0.39 is 0 Å². The summed E-state index contributed by atoms with van der Waals surface area (Å²) in [5, 5.41) is 0. The van der Waals surface area contributed by atoms with Crippen LogP contribution in [0, 0.1) is 46.3 Å². The Morgan fingerprint density at radius 1 is 0.857 bits per heavy atom. The smallest absolute Gasteiger partial charge is 0.00852 e. The van der Waals surface area contributed by atoms with Crippen molar-refractivity contribution in [2.24, 2.45) is 46.3 Å². The first-order valence-corrected chi connectivity index (χ1v) is 12.7. The zero-order valence-electron chi connectivity index (χ0n) is 19.7. The molecule has 4 rings (SSSR count). The summed E-state index contributed by atoms with van der Waals surface area (Å²) in [7, 11) is 0. The minimum atomic E-state index is 0.557. The maximum Gasteiger partial charge on any atom is -0.00852 e. The largest absolute Gasteiger partial charge is 0.0852 e. The fourth-order valence-electron chi connectivity index (χ4n) is 8.10. The van der Waals surface area contributed by atoms with Crippen LogP contribution in [0.25, 0.3) is 0 Å². The molecule has 0 nitrogen and oxygen atoms in total. The Labute approximate surface area is 175 Å². The van der Waals surface area contributed by atoms with E-state index in [0.29, 0.717) is 16.7 Å². The van der Waals surface area contributed by atoms with E-state index in [-0.39, 0.29) is 0 Å². The van der Waals surface area contributed by atoms with Crippen LogP contribution in [-0.4, -0.2) is 0 Å². The van der Waals surface area contributed by atoms with Crippen LogP contribution < -0.4 is 0 Å². The van der Waals surface area contributed by atoms with Crippen molar-refractivity contribution >= 4 is 0 Å². The van der Waals surface area contributed by atoms with Crippen molar-refractivity contribution in [1.29, 1.82) is 0 Å². The van der Waals surface area contributed by atoms with Gasteiger partial charge in [-0.15, -0.1) is 0 Å². The van der Waals surface area contributed by atoms with Crippen LogP contribution in [0.5, 0.6) is 0 Å². The molecule has 28 heavy (non-hydrogen) atoms. The minimum Gasteiger partial charge on any atom is -0.0852 e. The molecule has 0 bridgehead atoms. The van der Waals surface area contributed by atoms with Crippen molar-refractivity contribution in [3.8, 4) is 0 Å². The Hall–Kier alpha value is -0.520. The fraction of sp³-hybridized carbons (Fsp3) is 0.857. The van der Waals surface area contributed by atoms with E-state index in [1.54, 1.807) is 0 Å². The average molecular weight is 383 g/mol. The molecule has 2 saturated carbocycles. The molecule has 2 fully saturated rings. The van der Waals surface area contributed by atoms with Crippen LogP contribution >= 0.6 is 0 Å². The van der Waals surface area contributed by atoms with Gasteiger partial charge in [-0.2, -0.15) is 0 Å². The number of hydrogen-bond acceptors (Lipinski definition) is 0. The fourth-order valence-corrected chi connectivity index (χ4v) is 8.10. The van der Waals surface area contributed by atoms with Crippen molar-refractivity contribution < 1.29 is 0 Å². The minimum absolute atomic E-state index is 0.557. The third kappa shape index (κ3) is 3.26. The highest BCUT2D eigenvalue weighted by molar-refractivity contribution is 5.34. The maximum atomic E-state index is 2.69. The first-order valence-electron chi connectivity index (χ1n) is 12.7. The van der Waals surface area contributed by atoms with E-state index in [2.05, 4.69) is 53.7 Å². The first kappa shape index (κ1) is 20.7. The van der Waals surface area contributed by atoms with E-state index in [4.69, 9.17) is 0 Å². The topological polar surface area (TPSA) is 0 Å². The molecular weight excluding hydrogens is 336 g/mol. The summed E-state index contributed by atoms with van der Waals surface area (Å²) in [6.07, 6.45) is 19.8. The molecule has 4 aliphatic rings. The Balaban J connectivity index is 1.57. The monoisotopic (exact) mass is 382 g/mol. The van der Waals surface area contributed by atoms with Crippen molar-refractivity contribution in [2.45, 2.75) is 106 Å². The second-order valence-electron chi connectivity index (χ2n) is 12.0. The summed E-state index contributed by atoms with van der Waals surface area (Å²) in [5.41, 5.74) is 5.08. The van der Waals surface area contributed by atoms with Crippen molar-refractivity contribution in [3.05, 3.63) is 23.3 Å². The highest BCUT2D eigenvalue weighted by Gasteiger charge is 2.55. The van der Waals surface area contributed by atoms with Gasteiger partial charge < -0.3 is 0 Å². The Morgan fingerprint density at radius 2 is 1.64 bits per heavy atom. The van der Waals surface area contributed by atoms with E-state index in [9.17, 15) is 0 Å². The summed E-state index contributed by atoms with van der Waals surface area (Å²) in [6, 6.07) is 0. The van der Waals surface area contributed by atoms with Gasteiger partial charge in [0.05, 0.1) is 0 Å². The first-order chi connectivity index (χ1) is 13.3. The molecule has 0 N–H and O–H groups in total. The zero-order chi connectivity index (χ0) is 20.1. The summed E-state index contributed by atoms with van der Waals surface area (Å²) in [4.78, 5) is 0. The molecular formula is C28H46. The van der Waals surface area contributed by atoms with Gasteiger partial charge in [0, 0.05) is 0 Å². The third-order valence-electron chi connectivity index (χ3n) is 10.4. The normalized spacial score (nSPS) is 43.0. The molecule has 0 heterocycles. The molecule has 0 amide bonds. The van der Waals surface area contributed by atoms with Gasteiger partial charge in [0.15, 0.2) is 0 Å². The second-order valence-corrected chi connectivity index (χ2v) is 12.0. The molecule has 0 aromatic rings. The van der Waals surface area contributed by atoms with Gasteiger partial charge in [0.1, 0.15) is 0 Å². The molecule has 0 aliphatic heterocycles. The third-order valence-corrected chi connectivity index (χ3v) is 10.4. The molecule has 0 aromatic carbocycles. The van der Waals surface area contributed by atoms with Gasteiger partial charge in [-0.3, -0.25) is 0 Å². The van der Waals surface area contributed by atoms with Crippen LogP contribution in [-0.2, 0) is 0 Å². The van der Waals surface area contributed by atoms with Crippen LogP contribution in [0.2, 0.25) is 0 Å². The van der Waals surface area contributed by atoms with Gasteiger partial charge in [0.2, 0.25) is 0 Å². The SMILES string of the molecule is CC(C)[C@@H](C)C=C[C@@H](C)[C@H]1CC[C@H]2C3=C(CC[C@]12C)[C@@]1(C)CCCC[C@@H]1CC3. The van der Waals surface area contributed by atoms with Gasteiger partial charge in [-0.05, 0) is 97.7 Å². The van der Waals surface area contributed by atoms with E-state index in [0.717, 1.165) is 29.6 Å². The standard InChI is InChI=1S/C28H46/c1-19(2)20(3)10-11-21(4)24-14-15-25-23-13-12-22-9-7-8-17-27(22,5)26(23)16-18-28(24,25)6/h10-11,19-22,24-25H,7-9,12-18H2,1-6H3/t20-,21+,22+,24+,25-,27-,28+/m0/s1. The molecule has 7 atom stereocenters. The van der Waals surface area contributed by atoms with Crippen molar-refractivity contribution in [1.82, 2.24) is 0 Å². The lowest BCUT2D eigenvalue weighted by Gasteiger charge is -2.54. The van der Waals surface area contributed by atoms with E-state index >= 15 is 0 Å². The number of rotatable bonds is 4. The van der Waals surface area contributed by atoms with Crippen molar-refractivity contribution in [3.63, 3.8) is 0 Å². The molecule has 0 aromatic heterocycles. The zero-order valence-corrected chi connectivity index (χ0v) is 19.7. The quantitative estimate of drug-likeness (QED) is 0.427. The molecule has 0 heteroatoms. The van der Waals surface area contributed by atoms with Crippen LogP contribution in [0.15, 0.2) is 23.3 Å². The van der Waals surface area contributed by atoms with Crippen LogP contribution in [0.3, 0.4) is 0 Å². The molecule has 0 spiro atoms. The van der Waals surface area contributed by atoms with Crippen molar-refractivity contribution in [2.75, 3.05) is 0 Å². The Morgan fingerprint density at radius 3 is 2.39 bits per heavy atom. The molecule has 0 saturated heterocycles. The number of hydrogen-bond donors (Lipinski definition) is 0. The lowest BCUT2D eigenvalue weighted by molar-refractivity contribution is 0.0746. The number of allylic oxidation sites excluding steroid dienone is 4. The predicted octanol–water partition coefficient (Wildman–Crippen LogP) is 8.58. The van der Waals surface area contributed by atoms with Crippen LogP contribution in [0.4, 0.5) is 0 Å². The highest BCUT2D eigenvalue weighted by atomic mass is 14.6. The maximum absolute atomic E-state index is 2.69. The van der Waals surface area contributed by atoms with Gasteiger partial charge in [0.25, 0.3) is 0 Å². The predicted molar refractivity (Wildman–Crippen MR) is 122 cm³/mol. The summed E-state index contributed by atoms with van der Waals surface area (Å²) >= 11 is 0. The van der Waals surface area contributed by atoms with Gasteiger partial charge in [-0.25, -0.2) is 0 Å². The molecule has 0 radical (unpaired) electrons. The summed E-state index contributed by atoms with van der Waals surface area (Å²) in [5.74, 6) is 4.98. The molecule has 158 valence electrons. The molecule has 0 unspecified atom stereocenters. The summed E-state index contributed by atoms with van der Waals surface area (Å²) < 4.78 is 0. The lowest BCUT2D eigenvalue weighted by atomic mass is 9.51. The second kappa shape index (κ2) is 7.63. The van der Waals surface area contributed by atoms with Gasteiger partial charge in [-0.1, -0.05) is 77.7 Å². The highest BCUT2D eigenvalue weighted by Crippen LogP contribution is 2.65.